The van der Waals surface area contributed by atoms with Gasteiger partial charge in [-0.1, -0.05) is 32.9 Å². The number of cyclic esters (lactones) is 1. The molecule has 0 amide bonds. The average Bonchev–Trinajstić information content (AvgIpc) is 3.12. The fraction of sp³-hybridized carbons (Fsp3) is 0.805. The summed E-state index contributed by atoms with van der Waals surface area (Å²) in [4.78, 5) is 35.2. The van der Waals surface area contributed by atoms with Crippen LogP contribution in [0.3, 0.4) is 0 Å². The largest absolute Gasteiger partial charge is 0.497 e. The van der Waals surface area contributed by atoms with Gasteiger partial charge in [0.1, 0.15) is 23.9 Å². The number of esters is 1. The van der Waals surface area contributed by atoms with E-state index in [1.807, 2.05) is 45.0 Å². The van der Waals surface area contributed by atoms with Crippen molar-refractivity contribution < 1.29 is 38.4 Å². The number of Topliss-reactive ketones (excluding diaryl/α,β-unsaturated/α-hetero) is 1. The highest BCUT2D eigenvalue weighted by Gasteiger charge is 2.51. The van der Waals surface area contributed by atoms with Crippen molar-refractivity contribution in [3.63, 3.8) is 0 Å². The van der Waals surface area contributed by atoms with Gasteiger partial charge in [0, 0.05) is 38.2 Å². The Morgan fingerprint density at radius 2 is 1.75 bits per heavy atom. The van der Waals surface area contributed by atoms with E-state index >= 15 is 0 Å². The molecule has 0 radical (unpaired) electrons. The Hall–Kier alpha value is -2.12. The highest BCUT2D eigenvalue weighted by atomic mass is 16.7. The number of carbonyl (C=O) groups excluding carboxylic acids is 2. The summed E-state index contributed by atoms with van der Waals surface area (Å²) in [6.07, 6.45) is 1.46. The van der Waals surface area contributed by atoms with Gasteiger partial charge in [-0.2, -0.15) is 0 Å². The number of carbonyl (C=O) groups is 2. The second kappa shape index (κ2) is 18.5. The zero-order valence-electron chi connectivity index (χ0n) is 33.9. The standard InChI is InChI=1S/C41H69N3O8/c1-12-44-24-27(2)23-41(7,49-11)37(52-38-35(45)34(42(8)9)20-28(3)51-38)29(4)36(46)40(5,6)39(47)50-26-32(44)21-30-16-18-43(19-17-30)25-31-14-13-15-33(22-31)48-10/h13-15,22,27-30,32,34-35,37-38,45H,12,16-21,23-26H2,1-11H3/t27-,28-,29+,32-,34+,35-,37-,38+,41-/m1/s1. The minimum atomic E-state index is -1.42. The first-order chi connectivity index (χ1) is 24.5. The summed E-state index contributed by atoms with van der Waals surface area (Å²) in [5.41, 5.74) is -1.10. The molecule has 0 spiro atoms. The fourth-order valence-electron chi connectivity index (χ4n) is 8.87. The first-order valence-electron chi connectivity index (χ1n) is 19.5. The van der Waals surface area contributed by atoms with E-state index in [0.717, 1.165) is 57.7 Å². The number of hydrogen-bond donors (Lipinski definition) is 1. The van der Waals surface area contributed by atoms with Crippen molar-refractivity contribution in [2.75, 3.05) is 61.1 Å². The first-order valence-corrected chi connectivity index (χ1v) is 19.5. The molecule has 0 aromatic heterocycles. The number of piperidine rings is 1. The van der Waals surface area contributed by atoms with Crippen LogP contribution in [-0.2, 0) is 35.1 Å². The van der Waals surface area contributed by atoms with Crippen LogP contribution in [0.2, 0.25) is 0 Å². The lowest BCUT2D eigenvalue weighted by molar-refractivity contribution is -0.295. The molecule has 9 atom stereocenters. The third-order valence-corrected chi connectivity index (χ3v) is 12.1. The molecule has 3 aliphatic heterocycles. The molecule has 296 valence electrons. The first kappa shape index (κ1) is 42.6. The molecule has 1 aromatic rings. The molecule has 0 unspecified atom stereocenters. The molecule has 3 heterocycles. The van der Waals surface area contributed by atoms with Gasteiger partial charge in [0.15, 0.2) is 12.1 Å². The van der Waals surface area contributed by atoms with E-state index < -0.39 is 41.4 Å². The maximum Gasteiger partial charge on any atom is 0.319 e. The van der Waals surface area contributed by atoms with E-state index in [-0.39, 0.29) is 36.5 Å². The number of nitrogens with zero attached hydrogens (tertiary/aromatic N) is 3. The summed E-state index contributed by atoms with van der Waals surface area (Å²) in [5.74, 6) is -0.0390. The molecule has 11 heteroatoms. The molecule has 0 bridgehead atoms. The summed E-state index contributed by atoms with van der Waals surface area (Å²) in [5, 5.41) is 11.4. The average molecular weight is 732 g/mol. The number of rotatable bonds is 10. The lowest BCUT2D eigenvalue weighted by Crippen LogP contribution is -2.59. The van der Waals surface area contributed by atoms with Crippen LogP contribution in [0.25, 0.3) is 0 Å². The quantitative estimate of drug-likeness (QED) is 0.259. The van der Waals surface area contributed by atoms with Crippen LogP contribution in [0.5, 0.6) is 5.75 Å². The molecule has 4 rings (SSSR count). The number of likely N-dealkylation sites (N-methyl/N-ethyl adjacent to an activating group) is 2. The van der Waals surface area contributed by atoms with Gasteiger partial charge in [-0.05, 0) is 123 Å². The Kier molecular flexibility index (Phi) is 15.1. The zero-order valence-corrected chi connectivity index (χ0v) is 33.9. The zero-order chi connectivity index (χ0) is 38.4. The number of aliphatic hydroxyl groups is 1. The fourth-order valence-corrected chi connectivity index (χ4v) is 8.87. The van der Waals surface area contributed by atoms with Gasteiger partial charge in [-0.3, -0.25) is 19.4 Å². The van der Waals surface area contributed by atoms with E-state index in [4.69, 9.17) is 23.7 Å². The Morgan fingerprint density at radius 1 is 1.06 bits per heavy atom. The van der Waals surface area contributed by atoms with Gasteiger partial charge in [0.05, 0.1) is 24.9 Å². The van der Waals surface area contributed by atoms with Crippen molar-refractivity contribution in [3.05, 3.63) is 29.8 Å². The summed E-state index contributed by atoms with van der Waals surface area (Å²) in [7, 11) is 7.22. The lowest BCUT2D eigenvalue weighted by Gasteiger charge is -2.47. The highest BCUT2D eigenvalue weighted by Crippen LogP contribution is 2.39. The third kappa shape index (κ3) is 10.3. The van der Waals surface area contributed by atoms with Crippen LogP contribution < -0.4 is 4.74 Å². The van der Waals surface area contributed by atoms with Gasteiger partial charge in [-0.25, -0.2) is 0 Å². The molecule has 3 aliphatic rings. The van der Waals surface area contributed by atoms with E-state index in [9.17, 15) is 14.7 Å². The summed E-state index contributed by atoms with van der Waals surface area (Å²) < 4.78 is 30.7. The van der Waals surface area contributed by atoms with Crippen LogP contribution in [0.1, 0.15) is 86.1 Å². The van der Waals surface area contributed by atoms with Gasteiger partial charge < -0.3 is 33.7 Å². The number of hydrogen-bond acceptors (Lipinski definition) is 11. The molecule has 0 saturated carbocycles. The van der Waals surface area contributed by atoms with E-state index in [2.05, 4.69) is 35.8 Å². The Bertz CT molecular complexity index is 1300. The summed E-state index contributed by atoms with van der Waals surface area (Å²) in [6, 6.07) is 8.13. The predicted octanol–water partition coefficient (Wildman–Crippen LogP) is 5.02. The van der Waals surface area contributed by atoms with Crippen molar-refractivity contribution in [2.24, 2.45) is 23.2 Å². The Morgan fingerprint density at radius 3 is 2.37 bits per heavy atom. The van der Waals surface area contributed by atoms with Gasteiger partial charge in [-0.15, -0.1) is 0 Å². The number of ether oxygens (including phenoxy) is 5. The summed E-state index contributed by atoms with van der Waals surface area (Å²) in [6.45, 7) is 18.2. The Labute approximate surface area is 313 Å². The van der Waals surface area contributed by atoms with Crippen molar-refractivity contribution >= 4 is 11.8 Å². The van der Waals surface area contributed by atoms with Crippen LogP contribution in [0.15, 0.2) is 24.3 Å². The molecule has 3 fully saturated rings. The number of aliphatic hydroxyl groups excluding tert-OH is 1. The molecular formula is C41H69N3O8. The normalized spacial score (nSPS) is 35.0. The molecule has 1 aromatic carbocycles. The van der Waals surface area contributed by atoms with E-state index in [1.165, 1.54) is 5.56 Å². The molecule has 1 N–H and O–H groups in total. The predicted molar refractivity (Wildman–Crippen MR) is 202 cm³/mol. The molecular weight excluding hydrogens is 662 g/mol. The number of ketones is 1. The maximum atomic E-state index is 14.4. The van der Waals surface area contributed by atoms with Crippen LogP contribution in [0.4, 0.5) is 0 Å². The van der Waals surface area contributed by atoms with Crippen molar-refractivity contribution in [1.29, 1.82) is 0 Å². The van der Waals surface area contributed by atoms with Crippen LogP contribution in [0, 0.1) is 23.2 Å². The van der Waals surface area contributed by atoms with Crippen LogP contribution >= 0.6 is 0 Å². The molecule has 11 nitrogen and oxygen atoms in total. The Balaban J connectivity index is 1.55. The van der Waals surface area contributed by atoms with E-state index in [0.29, 0.717) is 18.8 Å². The highest BCUT2D eigenvalue weighted by molar-refractivity contribution is 6.04. The van der Waals surface area contributed by atoms with Crippen LogP contribution in [-0.4, -0.2) is 135 Å². The van der Waals surface area contributed by atoms with Gasteiger partial charge >= 0.3 is 5.97 Å². The maximum absolute atomic E-state index is 14.4. The monoisotopic (exact) mass is 732 g/mol. The topological polar surface area (TPSA) is 110 Å². The van der Waals surface area contributed by atoms with Gasteiger partial charge in [0.2, 0.25) is 0 Å². The molecule has 3 saturated heterocycles. The summed E-state index contributed by atoms with van der Waals surface area (Å²) >= 11 is 0. The second-order valence-corrected chi connectivity index (χ2v) is 16.9. The van der Waals surface area contributed by atoms with Crippen molar-refractivity contribution in [2.45, 2.75) is 129 Å². The SMILES string of the molecule is CCN1C[C@H](C)C[C@@](C)(OC)[C@H](O[C@@H]2O[C@H](C)C[C@H](N(C)C)[C@H]2O)[C@@H](C)C(=O)C(C)(C)C(=O)OC[C@H]1CC1CCN(Cc2cccc(OC)c2)CC1. The number of benzene rings is 1. The van der Waals surface area contributed by atoms with Crippen molar-refractivity contribution in [3.8, 4) is 5.75 Å². The number of methoxy groups -OCH3 is 2. The lowest BCUT2D eigenvalue weighted by atomic mass is 9.74. The number of likely N-dealkylation sites (tertiary alicyclic amines) is 1. The molecule has 52 heavy (non-hydrogen) atoms. The van der Waals surface area contributed by atoms with E-state index in [1.54, 1.807) is 35.0 Å². The minimum absolute atomic E-state index is 0.0199. The third-order valence-electron chi connectivity index (χ3n) is 12.1. The molecule has 0 aliphatic carbocycles. The van der Waals surface area contributed by atoms with Gasteiger partial charge in [0.25, 0.3) is 0 Å². The smallest absolute Gasteiger partial charge is 0.319 e. The minimum Gasteiger partial charge on any atom is -0.497 e. The second-order valence-electron chi connectivity index (χ2n) is 16.9. The van der Waals surface area contributed by atoms with Crippen molar-refractivity contribution in [1.82, 2.24) is 14.7 Å².